The van der Waals surface area contributed by atoms with E-state index in [-0.39, 0.29) is 11.3 Å². The predicted molar refractivity (Wildman–Crippen MR) is 72.0 cm³/mol. The lowest BCUT2D eigenvalue weighted by molar-refractivity contribution is -0.131. The highest BCUT2D eigenvalue weighted by atomic mass is 16.2. The van der Waals surface area contributed by atoms with Gasteiger partial charge < -0.3 is 10.2 Å². The molecular formula is C14H28N2O. The Kier molecular flexibility index (Phi) is 5.44. The zero-order chi connectivity index (χ0) is 12.9. The van der Waals surface area contributed by atoms with Crippen molar-refractivity contribution < 1.29 is 4.79 Å². The average Bonchev–Trinajstić information content (AvgIpc) is 2.25. The van der Waals surface area contributed by atoms with Crippen LogP contribution in [-0.4, -0.2) is 37.0 Å². The molecule has 1 aliphatic heterocycles. The summed E-state index contributed by atoms with van der Waals surface area (Å²) in [6.07, 6.45) is 5.51. The predicted octanol–water partition coefficient (Wildman–Crippen LogP) is 2.41. The van der Waals surface area contributed by atoms with Crippen molar-refractivity contribution >= 4 is 5.91 Å². The summed E-state index contributed by atoms with van der Waals surface area (Å²) < 4.78 is 0. The van der Waals surface area contributed by atoms with Crippen LogP contribution in [0.1, 0.15) is 52.9 Å². The largest absolute Gasteiger partial charge is 0.345 e. The van der Waals surface area contributed by atoms with Gasteiger partial charge in [0.25, 0.3) is 0 Å². The Morgan fingerprint density at radius 2 is 2.06 bits per heavy atom. The van der Waals surface area contributed by atoms with Crippen LogP contribution in [0.2, 0.25) is 0 Å². The van der Waals surface area contributed by atoms with Gasteiger partial charge in [-0.05, 0) is 31.2 Å². The number of hydrogen-bond acceptors (Lipinski definition) is 2. The first-order chi connectivity index (χ1) is 7.88. The normalized spacial score (nSPS) is 21.3. The molecule has 1 saturated heterocycles. The topological polar surface area (TPSA) is 32.3 Å². The molecule has 1 aliphatic rings. The van der Waals surface area contributed by atoms with Gasteiger partial charge in [0.1, 0.15) is 0 Å². The number of carbonyl (C=O) groups excluding carboxylic acids is 1. The van der Waals surface area contributed by atoms with Crippen LogP contribution in [0, 0.1) is 5.41 Å². The summed E-state index contributed by atoms with van der Waals surface area (Å²) >= 11 is 0. The summed E-state index contributed by atoms with van der Waals surface area (Å²) in [5.41, 5.74) is 0.188. The van der Waals surface area contributed by atoms with Gasteiger partial charge in [-0.2, -0.15) is 0 Å². The summed E-state index contributed by atoms with van der Waals surface area (Å²) in [7, 11) is 1.92. The molecule has 17 heavy (non-hydrogen) atoms. The molecule has 1 amide bonds. The SMILES string of the molecule is CN(CC(C)(C)C)C(=O)CCC1CCCCN1. The highest BCUT2D eigenvalue weighted by Crippen LogP contribution is 2.16. The van der Waals surface area contributed by atoms with Gasteiger partial charge >= 0.3 is 0 Å². The van der Waals surface area contributed by atoms with Crippen molar-refractivity contribution in [2.75, 3.05) is 20.1 Å². The molecular weight excluding hydrogens is 212 g/mol. The van der Waals surface area contributed by atoms with Gasteiger partial charge in [-0.3, -0.25) is 4.79 Å². The van der Waals surface area contributed by atoms with Crippen LogP contribution in [0.3, 0.4) is 0 Å². The Morgan fingerprint density at radius 3 is 2.59 bits per heavy atom. The molecule has 0 aromatic heterocycles. The highest BCUT2D eigenvalue weighted by molar-refractivity contribution is 5.75. The lowest BCUT2D eigenvalue weighted by Gasteiger charge is -2.28. The van der Waals surface area contributed by atoms with Crippen molar-refractivity contribution in [2.24, 2.45) is 5.41 Å². The Labute approximate surface area is 106 Å². The second kappa shape index (κ2) is 6.39. The molecule has 1 rings (SSSR count). The van der Waals surface area contributed by atoms with E-state index in [1.165, 1.54) is 19.3 Å². The number of nitrogens with one attached hydrogen (secondary N) is 1. The average molecular weight is 240 g/mol. The van der Waals surface area contributed by atoms with Crippen LogP contribution >= 0.6 is 0 Å². The molecule has 0 spiro atoms. The number of amides is 1. The Bertz CT molecular complexity index is 239. The van der Waals surface area contributed by atoms with Crippen LogP contribution in [0.25, 0.3) is 0 Å². The van der Waals surface area contributed by atoms with Crippen LogP contribution in [0.15, 0.2) is 0 Å². The molecule has 1 atom stereocenters. The fraction of sp³-hybridized carbons (Fsp3) is 0.929. The van der Waals surface area contributed by atoms with Gasteiger partial charge in [-0.25, -0.2) is 0 Å². The van der Waals surface area contributed by atoms with E-state index in [0.717, 1.165) is 19.5 Å². The molecule has 0 aromatic rings. The van der Waals surface area contributed by atoms with E-state index in [4.69, 9.17) is 0 Å². The van der Waals surface area contributed by atoms with Gasteiger partial charge in [0, 0.05) is 26.1 Å². The number of nitrogens with zero attached hydrogens (tertiary/aromatic N) is 1. The standard InChI is InChI=1S/C14H28N2O/c1-14(2,3)11-16(4)13(17)9-8-12-7-5-6-10-15-12/h12,15H,5-11H2,1-4H3. The highest BCUT2D eigenvalue weighted by Gasteiger charge is 2.19. The van der Waals surface area contributed by atoms with Crippen molar-refractivity contribution in [1.82, 2.24) is 10.2 Å². The third-order valence-corrected chi connectivity index (χ3v) is 3.26. The van der Waals surface area contributed by atoms with E-state index in [1.54, 1.807) is 0 Å². The van der Waals surface area contributed by atoms with E-state index >= 15 is 0 Å². The number of rotatable bonds is 4. The summed E-state index contributed by atoms with van der Waals surface area (Å²) in [6, 6.07) is 0.565. The molecule has 0 saturated carbocycles. The first kappa shape index (κ1) is 14.5. The smallest absolute Gasteiger partial charge is 0.222 e. The summed E-state index contributed by atoms with van der Waals surface area (Å²) in [6.45, 7) is 8.46. The maximum Gasteiger partial charge on any atom is 0.222 e. The van der Waals surface area contributed by atoms with Crippen molar-refractivity contribution in [1.29, 1.82) is 0 Å². The zero-order valence-corrected chi connectivity index (χ0v) is 11.9. The summed E-state index contributed by atoms with van der Waals surface area (Å²) in [4.78, 5) is 13.8. The minimum Gasteiger partial charge on any atom is -0.345 e. The number of piperidine rings is 1. The van der Waals surface area contributed by atoms with Crippen LogP contribution < -0.4 is 5.32 Å². The van der Waals surface area contributed by atoms with E-state index < -0.39 is 0 Å². The fourth-order valence-corrected chi connectivity index (χ4v) is 2.46. The monoisotopic (exact) mass is 240 g/mol. The molecule has 3 nitrogen and oxygen atoms in total. The van der Waals surface area contributed by atoms with E-state index in [2.05, 4.69) is 26.1 Å². The molecule has 1 unspecified atom stereocenters. The maximum absolute atomic E-state index is 12.0. The van der Waals surface area contributed by atoms with Crippen molar-refractivity contribution in [3.63, 3.8) is 0 Å². The first-order valence-electron chi connectivity index (χ1n) is 6.86. The Balaban J connectivity index is 2.23. The molecule has 1 N–H and O–H groups in total. The zero-order valence-electron chi connectivity index (χ0n) is 11.9. The van der Waals surface area contributed by atoms with Gasteiger partial charge in [0.2, 0.25) is 5.91 Å². The lowest BCUT2D eigenvalue weighted by atomic mass is 9.95. The van der Waals surface area contributed by atoms with E-state index in [0.29, 0.717) is 12.5 Å². The fourth-order valence-electron chi connectivity index (χ4n) is 2.46. The third kappa shape index (κ3) is 6.06. The maximum atomic E-state index is 12.0. The van der Waals surface area contributed by atoms with Gasteiger partial charge in [-0.15, -0.1) is 0 Å². The second-order valence-corrected chi connectivity index (χ2v) is 6.50. The van der Waals surface area contributed by atoms with Crippen molar-refractivity contribution in [3.05, 3.63) is 0 Å². The summed E-state index contributed by atoms with van der Waals surface area (Å²) in [5, 5.41) is 3.49. The third-order valence-electron chi connectivity index (χ3n) is 3.26. The van der Waals surface area contributed by atoms with Crippen LogP contribution in [0.5, 0.6) is 0 Å². The molecule has 1 fully saturated rings. The number of carbonyl (C=O) groups is 1. The van der Waals surface area contributed by atoms with Crippen LogP contribution in [0.4, 0.5) is 0 Å². The van der Waals surface area contributed by atoms with Crippen LogP contribution in [-0.2, 0) is 4.79 Å². The quantitative estimate of drug-likeness (QED) is 0.818. The molecule has 0 aromatic carbocycles. The lowest BCUT2D eigenvalue weighted by Crippen LogP contribution is -2.37. The first-order valence-corrected chi connectivity index (χ1v) is 6.86. The molecule has 100 valence electrons. The Morgan fingerprint density at radius 1 is 1.35 bits per heavy atom. The molecule has 0 aliphatic carbocycles. The minimum atomic E-state index is 0.188. The van der Waals surface area contributed by atoms with Gasteiger partial charge in [0.05, 0.1) is 0 Å². The molecule has 1 heterocycles. The van der Waals surface area contributed by atoms with Crippen molar-refractivity contribution in [3.8, 4) is 0 Å². The van der Waals surface area contributed by atoms with E-state index in [9.17, 15) is 4.79 Å². The van der Waals surface area contributed by atoms with Gasteiger partial charge in [0.15, 0.2) is 0 Å². The second-order valence-electron chi connectivity index (χ2n) is 6.50. The molecule has 3 heteroatoms. The molecule has 0 radical (unpaired) electrons. The van der Waals surface area contributed by atoms with Gasteiger partial charge in [-0.1, -0.05) is 27.2 Å². The van der Waals surface area contributed by atoms with Crippen molar-refractivity contribution in [2.45, 2.75) is 58.9 Å². The minimum absolute atomic E-state index is 0.188. The molecule has 0 bridgehead atoms. The summed E-state index contributed by atoms with van der Waals surface area (Å²) in [5.74, 6) is 0.285. The van der Waals surface area contributed by atoms with E-state index in [1.807, 2.05) is 11.9 Å². The number of hydrogen-bond donors (Lipinski definition) is 1. The Hall–Kier alpha value is -0.570.